The predicted octanol–water partition coefficient (Wildman–Crippen LogP) is 2.26. The Morgan fingerprint density at radius 1 is 1.48 bits per heavy atom. The molecule has 4 heteroatoms. The Morgan fingerprint density at radius 2 is 2.33 bits per heavy atom. The molecule has 0 aromatic heterocycles. The number of fused-ring (bicyclic) bond motifs is 1. The van der Waals surface area contributed by atoms with Gasteiger partial charge in [-0.15, -0.1) is 0 Å². The Bertz CT molecular complexity index is 517. The van der Waals surface area contributed by atoms with Gasteiger partial charge in [-0.05, 0) is 37.5 Å². The van der Waals surface area contributed by atoms with Gasteiger partial charge in [0.15, 0.2) is 0 Å². The van der Waals surface area contributed by atoms with Crippen molar-refractivity contribution in [1.82, 2.24) is 4.90 Å². The predicted molar refractivity (Wildman–Crippen MR) is 80.3 cm³/mol. The average Bonchev–Trinajstić information content (AvgIpc) is 2.86. The van der Waals surface area contributed by atoms with E-state index in [1.165, 1.54) is 0 Å². The maximum Gasteiger partial charge on any atom is 0.227 e. The van der Waals surface area contributed by atoms with E-state index in [9.17, 15) is 4.79 Å². The summed E-state index contributed by atoms with van der Waals surface area (Å²) in [7, 11) is 1.65. The SMILES string of the molecule is COc1cccc(CC(=O)N2CC[C@@H]3O[C@H](C)C[C@@H]3C2)c1. The number of ether oxygens (including phenoxy) is 2. The first-order valence-electron chi connectivity index (χ1n) is 7.72. The van der Waals surface area contributed by atoms with Crippen molar-refractivity contribution in [2.75, 3.05) is 20.2 Å². The molecule has 3 rings (SSSR count). The molecular weight excluding hydrogens is 266 g/mol. The lowest BCUT2D eigenvalue weighted by atomic mass is 9.92. The summed E-state index contributed by atoms with van der Waals surface area (Å²) >= 11 is 0. The number of rotatable bonds is 3. The lowest BCUT2D eigenvalue weighted by Crippen LogP contribution is -2.45. The highest BCUT2D eigenvalue weighted by Gasteiger charge is 2.38. The molecule has 0 unspecified atom stereocenters. The number of nitrogens with zero attached hydrogens (tertiary/aromatic N) is 1. The summed E-state index contributed by atoms with van der Waals surface area (Å²) in [5, 5.41) is 0. The minimum absolute atomic E-state index is 0.209. The van der Waals surface area contributed by atoms with Crippen LogP contribution in [0.3, 0.4) is 0 Å². The Morgan fingerprint density at radius 3 is 3.14 bits per heavy atom. The number of carbonyl (C=O) groups excluding carboxylic acids is 1. The first-order chi connectivity index (χ1) is 10.2. The first kappa shape index (κ1) is 14.4. The zero-order valence-corrected chi connectivity index (χ0v) is 12.7. The van der Waals surface area contributed by atoms with E-state index in [1.54, 1.807) is 7.11 Å². The second kappa shape index (κ2) is 6.06. The fourth-order valence-electron chi connectivity index (χ4n) is 3.49. The molecule has 2 heterocycles. The molecule has 2 aliphatic rings. The molecule has 114 valence electrons. The van der Waals surface area contributed by atoms with Crippen molar-refractivity contribution in [3.63, 3.8) is 0 Å². The summed E-state index contributed by atoms with van der Waals surface area (Å²) in [5.41, 5.74) is 1.01. The summed E-state index contributed by atoms with van der Waals surface area (Å²) in [5.74, 6) is 1.53. The van der Waals surface area contributed by atoms with Crippen LogP contribution in [0.2, 0.25) is 0 Å². The van der Waals surface area contributed by atoms with Gasteiger partial charge in [-0.3, -0.25) is 4.79 Å². The minimum atomic E-state index is 0.209. The van der Waals surface area contributed by atoms with Crippen LogP contribution in [0.1, 0.15) is 25.3 Å². The number of benzene rings is 1. The van der Waals surface area contributed by atoms with E-state index in [0.29, 0.717) is 24.5 Å². The van der Waals surface area contributed by atoms with Crippen LogP contribution in [-0.2, 0) is 16.0 Å². The van der Waals surface area contributed by atoms with Crippen LogP contribution in [0, 0.1) is 5.92 Å². The molecule has 2 saturated heterocycles. The lowest BCUT2D eigenvalue weighted by molar-refractivity contribution is -0.133. The van der Waals surface area contributed by atoms with Crippen molar-refractivity contribution >= 4 is 5.91 Å². The van der Waals surface area contributed by atoms with E-state index in [0.717, 1.165) is 37.2 Å². The van der Waals surface area contributed by atoms with Gasteiger partial charge in [0.05, 0.1) is 25.7 Å². The van der Waals surface area contributed by atoms with Crippen molar-refractivity contribution in [3.05, 3.63) is 29.8 Å². The van der Waals surface area contributed by atoms with Crippen LogP contribution in [0.5, 0.6) is 5.75 Å². The molecule has 0 spiro atoms. The highest BCUT2D eigenvalue weighted by atomic mass is 16.5. The number of amides is 1. The number of likely N-dealkylation sites (tertiary alicyclic amines) is 1. The zero-order chi connectivity index (χ0) is 14.8. The Labute approximate surface area is 126 Å². The molecule has 0 radical (unpaired) electrons. The molecule has 1 aromatic rings. The topological polar surface area (TPSA) is 38.8 Å². The maximum absolute atomic E-state index is 12.5. The smallest absolute Gasteiger partial charge is 0.227 e. The molecule has 1 aromatic carbocycles. The van der Waals surface area contributed by atoms with E-state index in [-0.39, 0.29) is 5.91 Å². The third kappa shape index (κ3) is 3.21. The molecule has 0 saturated carbocycles. The van der Waals surface area contributed by atoms with Gasteiger partial charge in [-0.25, -0.2) is 0 Å². The van der Waals surface area contributed by atoms with Crippen LogP contribution < -0.4 is 4.74 Å². The standard InChI is InChI=1S/C17H23NO3/c1-12-8-14-11-18(7-6-16(14)21-12)17(19)10-13-4-3-5-15(9-13)20-2/h3-5,9,12,14,16H,6-8,10-11H2,1-2H3/t12-,14-,16+/m1/s1. The van der Waals surface area contributed by atoms with Crippen LogP contribution in [-0.4, -0.2) is 43.2 Å². The monoisotopic (exact) mass is 289 g/mol. The van der Waals surface area contributed by atoms with E-state index >= 15 is 0 Å². The average molecular weight is 289 g/mol. The summed E-state index contributed by atoms with van der Waals surface area (Å²) in [6.45, 7) is 3.79. The summed E-state index contributed by atoms with van der Waals surface area (Å²) in [4.78, 5) is 14.5. The molecule has 0 bridgehead atoms. The fraction of sp³-hybridized carbons (Fsp3) is 0.588. The van der Waals surface area contributed by atoms with Crippen LogP contribution in [0.4, 0.5) is 0 Å². The van der Waals surface area contributed by atoms with Gasteiger partial charge in [-0.1, -0.05) is 12.1 Å². The Balaban J connectivity index is 1.60. The van der Waals surface area contributed by atoms with Crippen molar-refractivity contribution in [2.24, 2.45) is 5.92 Å². The van der Waals surface area contributed by atoms with Crippen molar-refractivity contribution in [3.8, 4) is 5.75 Å². The minimum Gasteiger partial charge on any atom is -0.497 e. The number of carbonyl (C=O) groups is 1. The fourth-order valence-corrected chi connectivity index (χ4v) is 3.49. The Kier molecular flexibility index (Phi) is 4.15. The van der Waals surface area contributed by atoms with Gasteiger partial charge in [0.25, 0.3) is 0 Å². The van der Waals surface area contributed by atoms with E-state index in [4.69, 9.17) is 9.47 Å². The molecule has 0 aliphatic carbocycles. The summed E-state index contributed by atoms with van der Waals surface area (Å²) < 4.78 is 11.1. The van der Waals surface area contributed by atoms with Gasteiger partial charge in [0.2, 0.25) is 5.91 Å². The van der Waals surface area contributed by atoms with Crippen molar-refractivity contribution < 1.29 is 14.3 Å². The molecule has 2 fully saturated rings. The number of hydrogen-bond donors (Lipinski definition) is 0. The van der Waals surface area contributed by atoms with Crippen LogP contribution in [0.25, 0.3) is 0 Å². The van der Waals surface area contributed by atoms with Gasteiger partial charge in [0, 0.05) is 19.0 Å². The first-order valence-corrected chi connectivity index (χ1v) is 7.72. The molecule has 2 aliphatic heterocycles. The van der Waals surface area contributed by atoms with E-state index in [2.05, 4.69) is 6.92 Å². The highest BCUT2D eigenvalue weighted by Crippen LogP contribution is 2.32. The van der Waals surface area contributed by atoms with Crippen LogP contribution >= 0.6 is 0 Å². The number of methoxy groups -OCH3 is 1. The largest absolute Gasteiger partial charge is 0.497 e. The van der Waals surface area contributed by atoms with Gasteiger partial charge >= 0.3 is 0 Å². The Hall–Kier alpha value is -1.55. The van der Waals surface area contributed by atoms with Gasteiger partial charge in [0.1, 0.15) is 5.75 Å². The second-order valence-corrected chi connectivity index (χ2v) is 6.14. The zero-order valence-electron chi connectivity index (χ0n) is 12.7. The third-order valence-electron chi connectivity index (χ3n) is 4.55. The van der Waals surface area contributed by atoms with Gasteiger partial charge < -0.3 is 14.4 Å². The molecule has 1 amide bonds. The number of piperidine rings is 1. The quantitative estimate of drug-likeness (QED) is 0.857. The van der Waals surface area contributed by atoms with Gasteiger partial charge in [-0.2, -0.15) is 0 Å². The molecule has 3 atom stereocenters. The normalized spacial score (nSPS) is 28.3. The summed E-state index contributed by atoms with van der Waals surface area (Å²) in [6.07, 6.45) is 3.20. The number of hydrogen-bond acceptors (Lipinski definition) is 3. The highest BCUT2D eigenvalue weighted by molar-refractivity contribution is 5.79. The van der Waals surface area contributed by atoms with E-state index in [1.807, 2.05) is 29.2 Å². The van der Waals surface area contributed by atoms with Crippen molar-refractivity contribution in [2.45, 2.75) is 38.4 Å². The van der Waals surface area contributed by atoms with Crippen molar-refractivity contribution in [1.29, 1.82) is 0 Å². The third-order valence-corrected chi connectivity index (χ3v) is 4.55. The van der Waals surface area contributed by atoms with E-state index < -0.39 is 0 Å². The second-order valence-electron chi connectivity index (χ2n) is 6.14. The maximum atomic E-state index is 12.5. The molecular formula is C17H23NO3. The molecule has 21 heavy (non-hydrogen) atoms. The molecule has 0 N–H and O–H groups in total. The summed E-state index contributed by atoms with van der Waals surface area (Å²) in [6, 6.07) is 7.75. The lowest BCUT2D eigenvalue weighted by Gasteiger charge is -2.34. The molecule has 4 nitrogen and oxygen atoms in total. The van der Waals surface area contributed by atoms with Crippen LogP contribution in [0.15, 0.2) is 24.3 Å².